The fraction of sp³-hybridized carbons (Fsp3) is 0.250. The van der Waals surface area contributed by atoms with E-state index in [-0.39, 0.29) is 35.0 Å². The van der Waals surface area contributed by atoms with Gasteiger partial charge in [-0.15, -0.1) is 0 Å². The Morgan fingerprint density at radius 3 is 2.70 bits per heavy atom. The number of amides is 2. The Morgan fingerprint density at radius 2 is 2.03 bits per heavy atom. The SMILES string of the molecule is CCn1cc(NC(=O)c2cc3nc(C)cc(C(F)(F)Cl)n3n2)c(C(=O)NCc2ccco2)n1. The molecule has 33 heavy (non-hydrogen) atoms. The second-order valence-electron chi connectivity index (χ2n) is 7.04. The van der Waals surface area contributed by atoms with Crippen molar-refractivity contribution in [1.29, 1.82) is 0 Å². The number of halogens is 3. The van der Waals surface area contributed by atoms with Gasteiger partial charge in [-0.3, -0.25) is 14.3 Å². The molecule has 4 heterocycles. The molecule has 0 aliphatic rings. The minimum Gasteiger partial charge on any atom is -0.467 e. The van der Waals surface area contributed by atoms with E-state index in [4.69, 9.17) is 16.0 Å². The van der Waals surface area contributed by atoms with Crippen LogP contribution >= 0.6 is 11.6 Å². The number of fused-ring (bicyclic) bond motifs is 1. The quantitative estimate of drug-likeness (QED) is 0.394. The van der Waals surface area contributed by atoms with Crippen LogP contribution in [0.25, 0.3) is 5.65 Å². The lowest BCUT2D eigenvalue weighted by molar-refractivity contribution is 0.0867. The number of nitrogens with zero attached hydrogens (tertiary/aromatic N) is 5. The standard InChI is InChI=1S/C20H18ClF2N7O3/c1-3-29-10-14(17(28-29)19(32)24-9-12-5-4-6-33-12)26-18(31)13-8-16-25-11(2)7-15(20(21,22)23)30(16)27-13/h4-8,10H,3,9H2,1-2H3,(H,24,32)(H,26,31). The maximum atomic E-state index is 13.8. The number of aryl methyl sites for hydroxylation is 2. The summed E-state index contributed by atoms with van der Waals surface area (Å²) >= 11 is 5.18. The third-order valence-corrected chi connectivity index (χ3v) is 4.82. The number of anilines is 1. The van der Waals surface area contributed by atoms with E-state index in [2.05, 4.69) is 25.8 Å². The van der Waals surface area contributed by atoms with Crippen molar-refractivity contribution in [3.8, 4) is 0 Å². The van der Waals surface area contributed by atoms with Crippen LogP contribution in [-0.4, -0.2) is 36.2 Å². The minimum absolute atomic E-state index is 0.0242. The molecule has 0 fully saturated rings. The average Bonchev–Trinajstić information content (AvgIpc) is 3.49. The van der Waals surface area contributed by atoms with Crippen LogP contribution in [0.2, 0.25) is 0 Å². The highest BCUT2D eigenvalue weighted by Crippen LogP contribution is 2.32. The minimum atomic E-state index is -3.72. The molecule has 0 saturated carbocycles. The summed E-state index contributed by atoms with van der Waals surface area (Å²) < 4.78 is 35.0. The third-order valence-electron chi connectivity index (χ3n) is 4.63. The number of alkyl halides is 3. The fourth-order valence-corrected chi connectivity index (χ4v) is 3.24. The van der Waals surface area contributed by atoms with Gasteiger partial charge in [0.15, 0.2) is 17.0 Å². The number of rotatable bonds is 7. The first-order chi connectivity index (χ1) is 15.7. The first-order valence-corrected chi connectivity index (χ1v) is 10.2. The molecule has 0 aliphatic carbocycles. The summed E-state index contributed by atoms with van der Waals surface area (Å²) in [5.41, 5.74) is -0.408. The topological polar surface area (TPSA) is 119 Å². The molecule has 0 bridgehead atoms. The van der Waals surface area contributed by atoms with Gasteiger partial charge in [0.1, 0.15) is 11.5 Å². The Kier molecular flexibility index (Phi) is 5.85. The molecule has 172 valence electrons. The Bertz CT molecular complexity index is 1330. The lowest BCUT2D eigenvalue weighted by Crippen LogP contribution is -2.25. The highest BCUT2D eigenvalue weighted by molar-refractivity contribution is 6.21. The van der Waals surface area contributed by atoms with E-state index in [0.717, 1.165) is 10.6 Å². The number of hydrogen-bond donors (Lipinski definition) is 2. The summed E-state index contributed by atoms with van der Waals surface area (Å²) in [5.74, 6) is -0.730. The Hall–Kier alpha value is -3.80. The van der Waals surface area contributed by atoms with E-state index < -0.39 is 22.9 Å². The van der Waals surface area contributed by atoms with E-state index >= 15 is 0 Å². The summed E-state index contributed by atoms with van der Waals surface area (Å²) in [7, 11) is 0. The predicted molar refractivity (Wildman–Crippen MR) is 113 cm³/mol. The molecule has 0 aliphatic heterocycles. The molecule has 13 heteroatoms. The van der Waals surface area contributed by atoms with Crippen LogP contribution in [0.3, 0.4) is 0 Å². The molecule has 2 N–H and O–H groups in total. The molecule has 0 spiro atoms. The zero-order valence-electron chi connectivity index (χ0n) is 17.5. The molecule has 0 unspecified atom stereocenters. The van der Waals surface area contributed by atoms with Crippen molar-refractivity contribution in [1.82, 2.24) is 29.7 Å². The van der Waals surface area contributed by atoms with Crippen molar-refractivity contribution < 1.29 is 22.8 Å². The van der Waals surface area contributed by atoms with E-state index in [0.29, 0.717) is 12.3 Å². The van der Waals surface area contributed by atoms with Crippen molar-refractivity contribution in [2.45, 2.75) is 32.3 Å². The maximum absolute atomic E-state index is 13.8. The van der Waals surface area contributed by atoms with Crippen molar-refractivity contribution >= 4 is 34.7 Å². The molecular weight excluding hydrogens is 460 g/mol. The van der Waals surface area contributed by atoms with Gasteiger partial charge in [-0.25, -0.2) is 9.50 Å². The normalized spacial score (nSPS) is 11.7. The first-order valence-electron chi connectivity index (χ1n) is 9.79. The van der Waals surface area contributed by atoms with Crippen LogP contribution in [0, 0.1) is 6.92 Å². The largest absolute Gasteiger partial charge is 0.467 e. The molecule has 2 amide bonds. The highest BCUT2D eigenvalue weighted by atomic mass is 35.5. The lowest BCUT2D eigenvalue weighted by atomic mass is 10.3. The number of nitrogens with one attached hydrogen (secondary N) is 2. The van der Waals surface area contributed by atoms with Crippen molar-refractivity contribution in [2.75, 3.05) is 5.32 Å². The third kappa shape index (κ3) is 4.70. The monoisotopic (exact) mass is 477 g/mol. The van der Waals surface area contributed by atoms with Crippen LogP contribution in [-0.2, 0) is 18.5 Å². The van der Waals surface area contributed by atoms with Crippen LogP contribution < -0.4 is 10.6 Å². The highest BCUT2D eigenvalue weighted by Gasteiger charge is 2.33. The number of hydrogen-bond acceptors (Lipinski definition) is 6. The van der Waals surface area contributed by atoms with Gasteiger partial charge in [-0.1, -0.05) is 0 Å². The van der Waals surface area contributed by atoms with Gasteiger partial charge in [0.2, 0.25) is 0 Å². The summed E-state index contributed by atoms with van der Waals surface area (Å²) in [6.45, 7) is 3.91. The van der Waals surface area contributed by atoms with Crippen molar-refractivity contribution in [3.05, 3.63) is 65.3 Å². The van der Waals surface area contributed by atoms with Gasteiger partial charge in [-0.2, -0.15) is 19.0 Å². The fourth-order valence-electron chi connectivity index (χ4n) is 3.11. The van der Waals surface area contributed by atoms with Gasteiger partial charge in [0.05, 0.1) is 18.5 Å². The van der Waals surface area contributed by atoms with Crippen LogP contribution in [0.1, 0.15) is 45.0 Å². The molecule has 4 aromatic rings. The van der Waals surface area contributed by atoms with Gasteiger partial charge in [-0.05, 0) is 43.6 Å². The molecule has 0 aromatic carbocycles. The van der Waals surface area contributed by atoms with Gasteiger partial charge in [0, 0.05) is 24.5 Å². The molecule has 10 nitrogen and oxygen atoms in total. The van der Waals surface area contributed by atoms with Gasteiger partial charge < -0.3 is 15.1 Å². The Balaban J connectivity index is 1.60. The Morgan fingerprint density at radius 1 is 1.24 bits per heavy atom. The zero-order valence-corrected chi connectivity index (χ0v) is 18.2. The van der Waals surface area contributed by atoms with Crippen LogP contribution in [0.5, 0.6) is 0 Å². The van der Waals surface area contributed by atoms with Crippen LogP contribution in [0.4, 0.5) is 14.5 Å². The summed E-state index contributed by atoms with van der Waals surface area (Å²) in [4.78, 5) is 29.6. The smallest absolute Gasteiger partial charge is 0.364 e. The summed E-state index contributed by atoms with van der Waals surface area (Å²) in [6, 6.07) is 5.72. The number of aromatic nitrogens is 5. The average molecular weight is 478 g/mol. The van der Waals surface area contributed by atoms with Crippen LogP contribution in [0.15, 0.2) is 41.1 Å². The number of carbonyl (C=O) groups excluding carboxylic acids is 2. The number of furan rings is 1. The summed E-state index contributed by atoms with van der Waals surface area (Å²) in [5, 5.41) is 9.61. The number of carbonyl (C=O) groups is 2. The molecule has 4 aromatic heterocycles. The van der Waals surface area contributed by atoms with Crippen molar-refractivity contribution in [2.24, 2.45) is 0 Å². The van der Waals surface area contributed by atoms with E-state index in [1.54, 1.807) is 12.1 Å². The zero-order chi connectivity index (χ0) is 23.8. The first kappa shape index (κ1) is 22.4. The molecule has 0 atom stereocenters. The predicted octanol–water partition coefficient (Wildman–Crippen LogP) is 3.32. The van der Waals surface area contributed by atoms with E-state index in [1.807, 2.05) is 6.92 Å². The van der Waals surface area contributed by atoms with Crippen molar-refractivity contribution in [3.63, 3.8) is 0 Å². The summed E-state index contributed by atoms with van der Waals surface area (Å²) in [6.07, 6.45) is 2.96. The Labute approximate surface area is 190 Å². The molecule has 0 radical (unpaired) electrons. The van der Waals surface area contributed by atoms with E-state index in [9.17, 15) is 18.4 Å². The maximum Gasteiger partial charge on any atom is 0.364 e. The molecule has 4 rings (SSSR count). The lowest BCUT2D eigenvalue weighted by Gasteiger charge is -2.10. The molecular formula is C20H18ClF2N7O3. The molecule has 0 saturated heterocycles. The van der Waals surface area contributed by atoms with Gasteiger partial charge >= 0.3 is 5.38 Å². The van der Waals surface area contributed by atoms with Gasteiger partial charge in [0.25, 0.3) is 11.8 Å². The second kappa shape index (κ2) is 8.62. The second-order valence-corrected chi connectivity index (χ2v) is 7.52. The van der Waals surface area contributed by atoms with E-state index in [1.165, 1.54) is 30.1 Å².